The largest absolute Gasteiger partial charge is 0.384 e. The van der Waals surface area contributed by atoms with E-state index in [2.05, 4.69) is 15.3 Å². The number of nitrogens with one attached hydrogen (secondary N) is 1. The van der Waals surface area contributed by atoms with Gasteiger partial charge >= 0.3 is 6.03 Å². The van der Waals surface area contributed by atoms with Crippen molar-refractivity contribution in [3.63, 3.8) is 0 Å². The Kier molecular flexibility index (Phi) is 9.91. The first-order chi connectivity index (χ1) is 20.5. The Balaban J connectivity index is 0.000000237. The van der Waals surface area contributed by atoms with Crippen molar-refractivity contribution in [1.29, 1.82) is 0 Å². The van der Waals surface area contributed by atoms with Gasteiger partial charge < -0.3 is 15.5 Å². The lowest BCUT2D eigenvalue weighted by Crippen LogP contribution is -2.48. The van der Waals surface area contributed by atoms with E-state index in [4.69, 9.17) is 5.73 Å². The zero-order valence-electron chi connectivity index (χ0n) is 23.5. The highest BCUT2D eigenvalue weighted by Crippen LogP contribution is 2.23. The van der Waals surface area contributed by atoms with E-state index in [-0.39, 0.29) is 18.0 Å². The third-order valence-electron chi connectivity index (χ3n) is 6.95. The maximum Gasteiger partial charge on any atom is 0.323 e. The first-order valence-electron chi connectivity index (χ1n) is 13.4. The van der Waals surface area contributed by atoms with Crippen LogP contribution in [0.5, 0.6) is 0 Å². The Bertz CT molecular complexity index is 1540. The maximum absolute atomic E-state index is 13.4. The number of nitrogens with two attached hydrogens (primary N) is 1. The molecule has 0 spiro atoms. The molecule has 8 nitrogen and oxygen atoms in total. The highest BCUT2D eigenvalue weighted by atomic mass is 19.1. The summed E-state index contributed by atoms with van der Waals surface area (Å²) < 4.78 is 52.5. The minimum atomic E-state index is -0.662. The minimum absolute atomic E-state index is 0.0464. The van der Waals surface area contributed by atoms with E-state index >= 15 is 0 Å². The summed E-state index contributed by atoms with van der Waals surface area (Å²) in [6, 6.07) is 12.8. The number of nitrogens with zero attached hydrogens (tertiary/aromatic N) is 4. The van der Waals surface area contributed by atoms with Gasteiger partial charge in [-0.1, -0.05) is 0 Å². The van der Waals surface area contributed by atoms with Gasteiger partial charge in [0.15, 0.2) is 0 Å². The van der Waals surface area contributed by atoms with Gasteiger partial charge in [0.25, 0.3) is 0 Å². The molecule has 224 valence electrons. The minimum Gasteiger partial charge on any atom is -0.384 e. The molecule has 2 aromatic heterocycles. The van der Waals surface area contributed by atoms with Crippen molar-refractivity contribution in [3.8, 4) is 22.3 Å². The predicted octanol–water partition coefficient (Wildman–Crippen LogP) is 6.11. The van der Waals surface area contributed by atoms with Crippen LogP contribution in [0.1, 0.15) is 19.8 Å². The SMILES string of the molecule is CC(=O)N1CCC(N(C)C(=O)Nc2ccc(-c3cc(F)cc(F)c3)cn2)CC1.Nc1ccc(-c2cc(F)cc(F)c2)cn1. The highest BCUT2D eigenvalue weighted by molar-refractivity contribution is 5.88. The van der Waals surface area contributed by atoms with Crippen LogP contribution in [-0.2, 0) is 4.79 Å². The lowest BCUT2D eigenvalue weighted by atomic mass is 10.0. The zero-order valence-corrected chi connectivity index (χ0v) is 23.5. The molecular formula is C31H30F4N6O2. The molecule has 1 aliphatic heterocycles. The molecule has 43 heavy (non-hydrogen) atoms. The average molecular weight is 595 g/mol. The number of benzene rings is 2. The second-order valence-electron chi connectivity index (χ2n) is 10.00. The first kappa shape index (κ1) is 30.9. The van der Waals surface area contributed by atoms with Crippen LogP contribution in [-0.4, -0.2) is 57.9 Å². The fourth-order valence-electron chi connectivity index (χ4n) is 4.59. The standard InChI is InChI=1S/C20H22F2N4O2.C11H8F2N2/c1-13(27)26-7-5-18(6-8-26)25(2)20(28)24-19-4-3-14(12-23-19)15-9-16(21)11-17(22)10-15;12-9-3-8(4-10(13)5-9)7-1-2-11(14)15-6-7/h3-4,9-12,18H,5-8H2,1-2H3,(H,23,24,28);1-6H,(H2,14,15). The molecule has 1 fully saturated rings. The molecule has 4 aromatic rings. The number of hydrogen-bond donors (Lipinski definition) is 2. The second-order valence-corrected chi connectivity index (χ2v) is 10.00. The lowest BCUT2D eigenvalue weighted by molar-refractivity contribution is -0.130. The summed E-state index contributed by atoms with van der Waals surface area (Å²) in [6.45, 7) is 2.81. The second kappa shape index (κ2) is 13.8. The molecule has 3 heterocycles. The molecule has 0 bridgehead atoms. The number of pyridine rings is 2. The fourth-order valence-corrected chi connectivity index (χ4v) is 4.59. The fraction of sp³-hybridized carbons (Fsp3) is 0.226. The van der Waals surface area contributed by atoms with Crippen molar-refractivity contribution in [2.24, 2.45) is 0 Å². The summed E-state index contributed by atoms with van der Waals surface area (Å²) in [5, 5.41) is 2.72. The highest BCUT2D eigenvalue weighted by Gasteiger charge is 2.26. The molecule has 0 atom stereocenters. The molecule has 3 amide bonds. The number of piperidine rings is 1. The summed E-state index contributed by atoms with van der Waals surface area (Å²) in [5.74, 6) is -1.78. The number of halogens is 4. The number of carbonyl (C=O) groups excluding carboxylic acids is 2. The Morgan fingerprint density at radius 2 is 1.28 bits per heavy atom. The number of carbonyl (C=O) groups is 2. The van der Waals surface area contributed by atoms with Gasteiger partial charge in [0, 0.05) is 68.8 Å². The smallest absolute Gasteiger partial charge is 0.323 e. The van der Waals surface area contributed by atoms with Gasteiger partial charge in [0.05, 0.1) is 0 Å². The average Bonchev–Trinajstić information content (AvgIpc) is 2.97. The van der Waals surface area contributed by atoms with Crippen molar-refractivity contribution in [2.75, 3.05) is 31.2 Å². The van der Waals surface area contributed by atoms with E-state index in [1.54, 1.807) is 48.0 Å². The van der Waals surface area contributed by atoms with Gasteiger partial charge in [-0.15, -0.1) is 0 Å². The van der Waals surface area contributed by atoms with Crippen LogP contribution >= 0.6 is 0 Å². The number of amides is 3. The van der Waals surface area contributed by atoms with Gasteiger partial charge in [0.1, 0.15) is 34.9 Å². The van der Waals surface area contributed by atoms with Crippen LogP contribution in [0, 0.1) is 23.3 Å². The van der Waals surface area contributed by atoms with Crippen molar-refractivity contribution in [2.45, 2.75) is 25.8 Å². The van der Waals surface area contributed by atoms with E-state index in [0.717, 1.165) is 25.0 Å². The Morgan fingerprint density at radius 1 is 0.791 bits per heavy atom. The topological polar surface area (TPSA) is 104 Å². The third-order valence-corrected chi connectivity index (χ3v) is 6.95. The quantitative estimate of drug-likeness (QED) is 0.278. The molecule has 0 saturated carbocycles. The molecule has 0 aliphatic carbocycles. The summed E-state index contributed by atoms with van der Waals surface area (Å²) in [5.41, 5.74) is 7.39. The van der Waals surface area contributed by atoms with Crippen molar-refractivity contribution in [1.82, 2.24) is 19.8 Å². The summed E-state index contributed by atoms with van der Waals surface area (Å²) >= 11 is 0. The molecule has 0 radical (unpaired) electrons. The van der Waals surface area contributed by atoms with Crippen LogP contribution in [0.2, 0.25) is 0 Å². The van der Waals surface area contributed by atoms with E-state index in [1.165, 1.54) is 36.7 Å². The first-order valence-corrected chi connectivity index (χ1v) is 13.4. The Hall–Kier alpha value is -5.00. The normalized spacial score (nSPS) is 13.1. The monoisotopic (exact) mass is 594 g/mol. The maximum atomic E-state index is 13.4. The van der Waals surface area contributed by atoms with Crippen LogP contribution < -0.4 is 11.1 Å². The third kappa shape index (κ3) is 8.51. The predicted molar refractivity (Wildman–Crippen MR) is 156 cm³/mol. The number of urea groups is 1. The number of nitrogen functional groups attached to an aromatic ring is 1. The van der Waals surface area contributed by atoms with E-state index in [0.29, 0.717) is 47.0 Å². The number of likely N-dealkylation sites (tertiary alicyclic amines) is 1. The molecule has 2 aromatic carbocycles. The molecule has 5 rings (SSSR count). The van der Waals surface area contributed by atoms with Crippen LogP contribution in [0.4, 0.5) is 34.0 Å². The van der Waals surface area contributed by atoms with E-state index < -0.39 is 23.3 Å². The van der Waals surface area contributed by atoms with Gasteiger partial charge in [-0.3, -0.25) is 10.1 Å². The summed E-state index contributed by atoms with van der Waals surface area (Å²) in [7, 11) is 1.72. The van der Waals surface area contributed by atoms with Gasteiger partial charge in [0.2, 0.25) is 5.91 Å². The van der Waals surface area contributed by atoms with Crippen molar-refractivity contribution >= 4 is 23.6 Å². The van der Waals surface area contributed by atoms with Gasteiger partial charge in [-0.25, -0.2) is 32.3 Å². The summed E-state index contributed by atoms with van der Waals surface area (Å²) in [6.07, 6.45) is 4.38. The van der Waals surface area contributed by atoms with Gasteiger partial charge in [-0.05, 0) is 72.5 Å². The van der Waals surface area contributed by atoms with Crippen LogP contribution in [0.15, 0.2) is 73.1 Å². The molecule has 1 saturated heterocycles. The molecule has 0 unspecified atom stereocenters. The van der Waals surface area contributed by atoms with Crippen LogP contribution in [0.3, 0.4) is 0 Å². The van der Waals surface area contributed by atoms with Crippen LogP contribution in [0.25, 0.3) is 22.3 Å². The summed E-state index contributed by atoms with van der Waals surface area (Å²) in [4.78, 5) is 35.3. The van der Waals surface area contributed by atoms with Gasteiger partial charge in [-0.2, -0.15) is 0 Å². The molecule has 1 aliphatic rings. The van der Waals surface area contributed by atoms with Crippen molar-refractivity contribution < 1.29 is 27.2 Å². The molecular weight excluding hydrogens is 564 g/mol. The number of rotatable bonds is 4. The lowest BCUT2D eigenvalue weighted by Gasteiger charge is -2.36. The Labute approximate surface area is 246 Å². The zero-order chi connectivity index (χ0) is 31.1. The van der Waals surface area contributed by atoms with E-state index in [9.17, 15) is 27.2 Å². The molecule has 3 N–H and O–H groups in total. The number of hydrogen-bond acceptors (Lipinski definition) is 5. The number of anilines is 2. The van der Waals surface area contributed by atoms with Crippen molar-refractivity contribution in [3.05, 3.63) is 96.3 Å². The molecule has 12 heteroatoms. The number of aromatic nitrogens is 2. The van der Waals surface area contributed by atoms with E-state index in [1.807, 2.05) is 0 Å². The Morgan fingerprint density at radius 3 is 1.70 bits per heavy atom.